The minimum atomic E-state index is -1.71. The Morgan fingerprint density at radius 3 is 1.60 bits per heavy atom. The van der Waals surface area contributed by atoms with Gasteiger partial charge in [-0.15, -0.1) is 0 Å². The van der Waals surface area contributed by atoms with Crippen molar-refractivity contribution in [3.63, 3.8) is 0 Å². The lowest BCUT2D eigenvalue weighted by molar-refractivity contribution is -0.144. The molecule has 27 heteroatoms. The molecule has 0 unspecified atom stereocenters. The van der Waals surface area contributed by atoms with Crippen molar-refractivity contribution in [2.75, 3.05) is 13.1 Å². The SMILES string of the molecule is CC(C)C[C@H](NC(=O)[C@@H](NC(=O)[C@H](CCC(=O)O)NC(=O)[C@H](CCC(N)=O)NC(=O)[C@@H]1CCCN1C(=O)[C@H](CC(C)C)NC(=O)CNC(=O)[C@@H](N)CCC(N)=O)C(C)C)C(=O)N[C@@H](CC(N)=O)C(=O)O. The van der Waals surface area contributed by atoms with Crippen LogP contribution in [-0.4, -0.2) is 153 Å². The lowest BCUT2D eigenvalue weighted by atomic mass is 9.99. The zero-order chi connectivity index (χ0) is 53.6. The van der Waals surface area contributed by atoms with Gasteiger partial charge in [0.15, 0.2) is 0 Å². The molecule has 27 nitrogen and oxygen atoms in total. The van der Waals surface area contributed by atoms with E-state index in [1.54, 1.807) is 27.7 Å². The van der Waals surface area contributed by atoms with E-state index < -0.39 is 170 Å². The van der Waals surface area contributed by atoms with E-state index in [0.29, 0.717) is 6.42 Å². The molecule has 0 radical (unpaired) electrons. The number of nitrogens with zero attached hydrogens (tertiary/aromatic N) is 1. The predicted octanol–water partition coefficient (Wildman–Crippen LogP) is -4.57. The van der Waals surface area contributed by atoms with E-state index in [4.69, 9.17) is 22.9 Å². The number of rotatable bonds is 32. The number of carboxylic acids is 2. The van der Waals surface area contributed by atoms with Crippen molar-refractivity contribution in [1.82, 2.24) is 42.1 Å². The van der Waals surface area contributed by atoms with Gasteiger partial charge in [-0.25, -0.2) is 4.79 Å². The molecule has 17 N–H and O–H groups in total. The summed E-state index contributed by atoms with van der Waals surface area (Å²) in [6.45, 7) is 9.53. The molecular weight excluding hydrogens is 925 g/mol. The average Bonchev–Trinajstić information content (AvgIpc) is 3.75. The van der Waals surface area contributed by atoms with E-state index in [2.05, 4.69) is 37.2 Å². The minimum absolute atomic E-state index is 0.0175. The summed E-state index contributed by atoms with van der Waals surface area (Å²) >= 11 is 0. The second-order valence-electron chi connectivity index (χ2n) is 18.3. The van der Waals surface area contributed by atoms with Crippen LogP contribution >= 0.6 is 0 Å². The largest absolute Gasteiger partial charge is 0.481 e. The molecular formula is C43H72N12O15. The normalized spacial score (nSPS) is 16.3. The molecule has 11 amide bonds. The number of nitrogens with two attached hydrogens (primary N) is 4. The summed E-state index contributed by atoms with van der Waals surface area (Å²) in [5, 5.41) is 35.9. The summed E-state index contributed by atoms with van der Waals surface area (Å²) in [5.74, 6) is -13.6. The second kappa shape index (κ2) is 29.8. The number of likely N-dealkylation sites (tertiary alicyclic amines) is 1. The van der Waals surface area contributed by atoms with Crippen molar-refractivity contribution in [1.29, 1.82) is 0 Å². The number of hydrogen-bond acceptors (Lipinski definition) is 14. The van der Waals surface area contributed by atoms with Crippen molar-refractivity contribution in [2.24, 2.45) is 40.7 Å². The van der Waals surface area contributed by atoms with E-state index in [1.165, 1.54) is 18.7 Å². The van der Waals surface area contributed by atoms with Gasteiger partial charge < -0.3 is 75.3 Å². The number of amides is 11. The van der Waals surface area contributed by atoms with E-state index in [0.717, 1.165) is 0 Å². The van der Waals surface area contributed by atoms with Crippen molar-refractivity contribution < 1.29 is 72.5 Å². The molecule has 1 rings (SSSR count). The van der Waals surface area contributed by atoms with Crippen LogP contribution in [0.1, 0.15) is 112 Å². The monoisotopic (exact) mass is 997 g/mol. The maximum Gasteiger partial charge on any atom is 0.326 e. The summed E-state index contributed by atoms with van der Waals surface area (Å²) in [6.07, 6.45) is -2.51. The van der Waals surface area contributed by atoms with E-state index in [1.807, 2.05) is 0 Å². The number of carbonyl (C=O) groups is 13. The highest BCUT2D eigenvalue weighted by molar-refractivity contribution is 5.98. The summed E-state index contributed by atoms with van der Waals surface area (Å²) in [6, 6.07) is -11.3. The number of carboxylic acid groups (broad SMARTS) is 2. The minimum Gasteiger partial charge on any atom is -0.481 e. The van der Waals surface area contributed by atoms with Gasteiger partial charge in [0.25, 0.3) is 0 Å². The molecule has 394 valence electrons. The number of nitrogens with one attached hydrogen (secondary N) is 7. The highest BCUT2D eigenvalue weighted by Crippen LogP contribution is 2.21. The third-order valence-corrected chi connectivity index (χ3v) is 10.8. The molecule has 1 aliphatic heterocycles. The third kappa shape index (κ3) is 22.5. The molecule has 0 aromatic heterocycles. The van der Waals surface area contributed by atoms with E-state index in [-0.39, 0.29) is 50.5 Å². The Morgan fingerprint density at radius 2 is 1.07 bits per heavy atom. The molecule has 8 atom stereocenters. The second-order valence-corrected chi connectivity index (χ2v) is 18.3. The first-order valence-corrected chi connectivity index (χ1v) is 23.0. The fourth-order valence-electron chi connectivity index (χ4n) is 7.23. The Bertz CT molecular complexity index is 1930. The maximum atomic E-state index is 14.0. The Hall–Kier alpha value is -6.93. The van der Waals surface area contributed by atoms with Crippen LogP contribution in [0.15, 0.2) is 0 Å². The van der Waals surface area contributed by atoms with Crippen LogP contribution < -0.4 is 60.2 Å². The van der Waals surface area contributed by atoms with Crippen molar-refractivity contribution >= 4 is 76.9 Å². The van der Waals surface area contributed by atoms with Gasteiger partial charge in [-0.2, -0.15) is 0 Å². The highest BCUT2D eigenvalue weighted by Gasteiger charge is 2.40. The van der Waals surface area contributed by atoms with Crippen LogP contribution in [0.25, 0.3) is 0 Å². The van der Waals surface area contributed by atoms with Crippen LogP contribution in [-0.2, 0) is 62.3 Å². The van der Waals surface area contributed by atoms with Gasteiger partial charge in [0.1, 0.15) is 42.3 Å². The molecule has 1 aliphatic rings. The Kier molecular flexibility index (Phi) is 26.0. The van der Waals surface area contributed by atoms with Crippen LogP contribution in [0.5, 0.6) is 0 Å². The lowest BCUT2D eigenvalue weighted by Crippen LogP contribution is -2.60. The molecule has 0 saturated carbocycles. The molecule has 1 heterocycles. The molecule has 0 spiro atoms. The first-order valence-electron chi connectivity index (χ1n) is 23.0. The van der Waals surface area contributed by atoms with Crippen LogP contribution in [0, 0.1) is 17.8 Å². The van der Waals surface area contributed by atoms with Crippen LogP contribution in [0.3, 0.4) is 0 Å². The van der Waals surface area contributed by atoms with Gasteiger partial charge in [0, 0.05) is 25.8 Å². The zero-order valence-corrected chi connectivity index (χ0v) is 40.5. The Labute approximate surface area is 405 Å². The number of primary amides is 3. The van der Waals surface area contributed by atoms with Gasteiger partial charge in [0.2, 0.25) is 65.0 Å². The fraction of sp³-hybridized carbons (Fsp3) is 0.698. The Balaban J connectivity index is 3.35. The first kappa shape index (κ1) is 61.1. The fourth-order valence-corrected chi connectivity index (χ4v) is 7.23. The molecule has 0 aromatic carbocycles. The first-order chi connectivity index (χ1) is 32.5. The maximum absolute atomic E-state index is 14.0. The van der Waals surface area contributed by atoms with E-state index >= 15 is 0 Å². The smallest absolute Gasteiger partial charge is 0.326 e. The van der Waals surface area contributed by atoms with Crippen molar-refractivity contribution in [2.45, 2.75) is 161 Å². The molecule has 70 heavy (non-hydrogen) atoms. The van der Waals surface area contributed by atoms with Gasteiger partial charge in [-0.3, -0.25) is 57.5 Å². The molecule has 1 saturated heterocycles. The lowest BCUT2D eigenvalue weighted by Gasteiger charge is -2.31. The van der Waals surface area contributed by atoms with Gasteiger partial charge in [-0.1, -0.05) is 41.5 Å². The summed E-state index contributed by atoms with van der Waals surface area (Å²) in [7, 11) is 0. The predicted molar refractivity (Wildman–Crippen MR) is 246 cm³/mol. The Morgan fingerprint density at radius 1 is 0.571 bits per heavy atom. The van der Waals surface area contributed by atoms with Crippen LogP contribution in [0.4, 0.5) is 0 Å². The molecule has 0 aromatic rings. The molecule has 1 fully saturated rings. The van der Waals surface area contributed by atoms with E-state index in [9.17, 15) is 72.5 Å². The highest BCUT2D eigenvalue weighted by atomic mass is 16.4. The number of hydrogen-bond donors (Lipinski definition) is 13. The standard InChI is InChI=1S/C43H72N12O15/c1-20(2)16-26(39(65)53-28(43(69)70)18-32(47)58)52-41(67)35(22(5)6)54-38(64)25(11-14-34(60)61)50-37(63)24(10-13-31(46)57)51-40(66)29-8-7-15-55(29)42(68)27(17-21(3)4)49-33(59)19-48-36(62)23(44)9-12-30(45)56/h20-29,35H,7-19,44H2,1-6H3,(H2,45,56)(H2,46,57)(H2,47,58)(H,48,62)(H,49,59)(H,50,63)(H,51,66)(H,52,67)(H,53,65)(H,54,64)(H,60,61)(H,69,70)/t23-,24-,25-,26-,27-,28-,29-,35-/m0/s1. The molecule has 0 bridgehead atoms. The quantitative estimate of drug-likeness (QED) is 0.0302. The van der Waals surface area contributed by atoms with Crippen LogP contribution in [0.2, 0.25) is 0 Å². The number of carbonyl (C=O) groups excluding carboxylic acids is 11. The average molecular weight is 997 g/mol. The summed E-state index contributed by atoms with van der Waals surface area (Å²) in [4.78, 5) is 167. The third-order valence-electron chi connectivity index (χ3n) is 10.8. The van der Waals surface area contributed by atoms with Gasteiger partial charge >= 0.3 is 11.9 Å². The zero-order valence-electron chi connectivity index (χ0n) is 40.5. The van der Waals surface area contributed by atoms with Gasteiger partial charge in [0.05, 0.1) is 19.0 Å². The topological polar surface area (TPSA) is 454 Å². The number of aliphatic carboxylic acids is 2. The van der Waals surface area contributed by atoms with Crippen molar-refractivity contribution in [3.8, 4) is 0 Å². The molecule has 0 aliphatic carbocycles. The summed E-state index contributed by atoms with van der Waals surface area (Å²) < 4.78 is 0. The van der Waals surface area contributed by atoms with Crippen molar-refractivity contribution in [3.05, 3.63) is 0 Å². The summed E-state index contributed by atoms with van der Waals surface area (Å²) in [5.41, 5.74) is 21.3. The van der Waals surface area contributed by atoms with Gasteiger partial charge in [-0.05, 0) is 62.7 Å².